The molecule has 1 unspecified atom stereocenters. The highest BCUT2D eigenvalue weighted by atomic mass is 32.2. The van der Waals surface area contributed by atoms with Crippen LogP contribution >= 0.6 is 11.3 Å². The lowest BCUT2D eigenvalue weighted by atomic mass is 10.4. The number of thiazole rings is 1. The fourth-order valence-electron chi connectivity index (χ4n) is 1.03. The monoisotopic (exact) mass is 275 g/mol. The molecule has 17 heavy (non-hydrogen) atoms. The Balaban J connectivity index is 2.80. The van der Waals surface area contributed by atoms with E-state index in [4.69, 9.17) is 10.4 Å². The minimum absolute atomic E-state index is 0.128. The normalized spacial score (nSPS) is 12.9. The van der Waals surface area contributed by atoms with E-state index in [9.17, 15) is 13.2 Å². The smallest absolute Gasteiger partial charge is 0.355 e. The van der Waals surface area contributed by atoms with Crippen molar-refractivity contribution in [1.82, 2.24) is 9.71 Å². The van der Waals surface area contributed by atoms with Crippen molar-refractivity contribution < 1.29 is 18.3 Å². The molecule has 1 rings (SSSR count). The van der Waals surface area contributed by atoms with Crippen molar-refractivity contribution in [3.8, 4) is 6.07 Å². The highest BCUT2D eigenvalue weighted by molar-refractivity contribution is 7.89. The van der Waals surface area contributed by atoms with Crippen LogP contribution in [0.25, 0.3) is 0 Å². The molecule has 1 aromatic rings. The van der Waals surface area contributed by atoms with Gasteiger partial charge in [-0.05, 0) is 6.92 Å². The average molecular weight is 275 g/mol. The fourth-order valence-corrected chi connectivity index (χ4v) is 2.81. The number of carboxylic acids is 1. The van der Waals surface area contributed by atoms with E-state index in [-0.39, 0.29) is 5.69 Å². The summed E-state index contributed by atoms with van der Waals surface area (Å²) in [6.07, 6.45) is 0. The van der Waals surface area contributed by atoms with E-state index in [2.05, 4.69) is 9.71 Å². The first-order chi connectivity index (χ1) is 7.85. The number of sulfonamides is 1. The number of aromatic nitrogens is 1. The molecule has 92 valence electrons. The first kappa shape index (κ1) is 13.6. The summed E-state index contributed by atoms with van der Waals surface area (Å²) in [4.78, 5) is 14.4. The predicted octanol–water partition coefficient (Wildman–Crippen LogP) is 0.345. The molecular formula is C8H9N3O4S2. The standard InChI is InChI=1S/C8H9N3O4S2/c1-5(11-17(14,15)3-2-9)7-10-6(4-16-7)8(12)13/h4-5,11H,3H2,1H3,(H,12,13). The van der Waals surface area contributed by atoms with Gasteiger partial charge in [0.05, 0.1) is 12.1 Å². The van der Waals surface area contributed by atoms with E-state index >= 15 is 0 Å². The molecule has 0 amide bonds. The predicted molar refractivity (Wildman–Crippen MR) is 60.0 cm³/mol. The van der Waals surface area contributed by atoms with Crippen molar-refractivity contribution in [2.24, 2.45) is 0 Å². The molecule has 0 saturated carbocycles. The Morgan fingerprint density at radius 2 is 2.41 bits per heavy atom. The molecule has 9 heteroatoms. The zero-order chi connectivity index (χ0) is 13.1. The Morgan fingerprint density at radius 3 is 2.88 bits per heavy atom. The molecule has 0 fully saturated rings. The van der Waals surface area contributed by atoms with Gasteiger partial charge in [0, 0.05) is 5.38 Å². The quantitative estimate of drug-likeness (QED) is 0.799. The topological polar surface area (TPSA) is 120 Å². The Hall–Kier alpha value is -1.50. The van der Waals surface area contributed by atoms with Crippen molar-refractivity contribution in [1.29, 1.82) is 5.26 Å². The summed E-state index contributed by atoms with van der Waals surface area (Å²) in [6.45, 7) is 1.53. The van der Waals surface area contributed by atoms with Crippen LogP contribution in [0, 0.1) is 11.3 Å². The third kappa shape index (κ3) is 3.77. The molecule has 0 spiro atoms. The summed E-state index contributed by atoms with van der Waals surface area (Å²) in [7, 11) is -3.68. The Morgan fingerprint density at radius 1 is 1.76 bits per heavy atom. The summed E-state index contributed by atoms with van der Waals surface area (Å²) >= 11 is 1.04. The fraction of sp³-hybridized carbons (Fsp3) is 0.375. The van der Waals surface area contributed by atoms with Crippen LogP contribution in [0.1, 0.15) is 28.5 Å². The summed E-state index contributed by atoms with van der Waals surface area (Å²) in [5, 5.41) is 18.6. The van der Waals surface area contributed by atoms with Gasteiger partial charge in [-0.15, -0.1) is 11.3 Å². The lowest BCUT2D eigenvalue weighted by Gasteiger charge is -2.09. The van der Waals surface area contributed by atoms with Gasteiger partial charge in [-0.2, -0.15) is 5.26 Å². The molecule has 0 aliphatic heterocycles. The van der Waals surface area contributed by atoms with Crippen LogP contribution in [0.3, 0.4) is 0 Å². The maximum absolute atomic E-state index is 11.3. The van der Waals surface area contributed by atoms with Crippen LogP contribution in [0.2, 0.25) is 0 Å². The summed E-state index contributed by atoms with van der Waals surface area (Å²) in [5.74, 6) is -1.81. The van der Waals surface area contributed by atoms with Gasteiger partial charge in [-0.3, -0.25) is 0 Å². The van der Waals surface area contributed by atoms with Crippen LogP contribution in [-0.4, -0.2) is 30.2 Å². The average Bonchev–Trinajstić information content (AvgIpc) is 2.64. The molecule has 7 nitrogen and oxygen atoms in total. The van der Waals surface area contributed by atoms with E-state index in [0.717, 1.165) is 11.3 Å². The number of carbonyl (C=O) groups is 1. The van der Waals surface area contributed by atoms with E-state index in [1.165, 1.54) is 18.4 Å². The summed E-state index contributed by atoms with van der Waals surface area (Å²) in [5.41, 5.74) is -0.128. The van der Waals surface area contributed by atoms with Gasteiger partial charge >= 0.3 is 5.97 Å². The lowest BCUT2D eigenvalue weighted by Crippen LogP contribution is -2.28. The third-order valence-corrected chi connectivity index (χ3v) is 3.97. The van der Waals surface area contributed by atoms with Crippen LogP contribution < -0.4 is 4.72 Å². The second kappa shape index (κ2) is 5.22. The maximum Gasteiger partial charge on any atom is 0.355 e. The second-order valence-corrected chi connectivity index (χ2v) is 5.78. The van der Waals surface area contributed by atoms with Gasteiger partial charge in [-0.25, -0.2) is 22.9 Å². The highest BCUT2D eigenvalue weighted by Crippen LogP contribution is 2.18. The number of nitriles is 1. The first-order valence-electron chi connectivity index (χ1n) is 4.41. The largest absolute Gasteiger partial charge is 0.476 e. The summed E-state index contributed by atoms with van der Waals surface area (Å²) in [6, 6.07) is 0.866. The van der Waals surface area contributed by atoms with Gasteiger partial charge < -0.3 is 5.11 Å². The SMILES string of the molecule is CC(NS(=O)(=O)CC#N)c1nc(C(=O)O)cs1. The molecule has 1 heterocycles. The molecule has 0 bridgehead atoms. The maximum atomic E-state index is 11.3. The van der Waals surface area contributed by atoms with Gasteiger partial charge in [-0.1, -0.05) is 0 Å². The van der Waals surface area contributed by atoms with Crippen molar-refractivity contribution in [2.75, 3.05) is 5.75 Å². The van der Waals surface area contributed by atoms with Crippen molar-refractivity contribution in [3.05, 3.63) is 16.1 Å². The molecule has 1 atom stereocenters. The van der Waals surface area contributed by atoms with E-state index in [1.807, 2.05) is 0 Å². The molecule has 0 aromatic carbocycles. The van der Waals surface area contributed by atoms with Crippen LogP contribution in [0.4, 0.5) is 0 Å². The first-order valence-corrected chi connectivity index (χ1v) is 6.94. The van der Waals surface area contributed by atoms with E-state index in [1.54, 1.807) is 0 Å². The number of nitrogens with zero attached hydrogens (tertiary/aromatic N) is 2. The van der Waals surface area contributed by atoms with Gasteiger partial charge in [0.2, 0.25) is 10.0 Å². The third-order valence-electron chi connectivity index (χ3n) is 1.72. The van der Waals surface area contributed by atoms with Crippen molar-refractivity contribution in [3.63, 3.8) is 0 Å². The number of hydrogen-bond donors (Lipinski definition) is 2. The number of nitrogens with one attached hydrogen (secondary N) is 1. The lowest BCUT2D eigenvalue weighted by molar-refractivity contribution is 0.0691. The highest BCUT2D eigenvalue weighted by Gasteiger charge is 2.19. The molecular weight excluding hydrogens is 266 g/mol. The number of aromatic carboxylic acids is 1. The minimum atomic E-state index is -3.68. The Bertz CT molecular complexity index is 558. The zero-order valence-electron chi connectivity index (χ0n) is 8.74. The van der Waals surface area contributed by atoms with Crippen molar-refractivity contribution >= 4 is 27.3 Å². The molecule has 0 saturated heterocycles. The molecule has 0 aliphatic carbocycles. The molecule has 0 radical (unpaired) electrons. The molecule has 1 aromatic heterocycles. The molecule has 0 aliphatic rings. The number of rotatable bonds is 5. The van der Waals surface area contributed by atoms with Crippen LogP contribution in [0.5, 0.6) is 0 Å². The number of hydrogen-bond acceptors (Lipinski definition) is 6. The molecule has 2 N–H and O–H groups in total. The van der Waals surface area contributed by atoms with Crippen LogP contribution in [0.15, 0.2) is 5.38 Å². The Kier molecular flexibility index (Phi) is 4.17. The van der Waals surface area contributed by atoms with Crippen LogP contribution in [-0.2, 0) is 10.0 Å². The van der Waals surface area contributed by atoms with Gasteiger partial charge in [0.25, 0.3) is 0 Å². The van der Waals surface area contributed by atoms with E-state index in [0.29, 0.717) is 5.01 Å². The van der Waals surface area contributed by atoms with Gasteiger partial charge in [0.1, 0.15) is 5.01 Å². The second-order valence-electron chi connectivity index (χ2n) is 3.13. The minimum Gasteiger partial charge on any atom is -0.476 e. The Labute approximate surface area is 102 Å². The van der Waals surface area contributed by atoms with Crippen molar-refractivity contribution in [2.45, 2.75) is 13.0 Å². The number of carboxylic acid groups (broad SMARTS) is 1. The zero-order valence-corrected chi connectivity index (χ0v) is 10.4. The van der Waals surface area contributed by atoms with Gasteiger partial charge in [0.15, 0.2) is 11.4 Å². The summed E-state index contributed by atoms with van der Waals surface area (Å²) < 4.78 is 24.8. The van der Waals surface area contributed by atoms with E-state index < -0.39 is 27.8 Å².